The van der Waals surface area contributed by atoms with E-state index in [4.69, 9.17) is 5.73 Å². The van der Waals surface area contributed by atoms with E-state index in [0.717, 1.165) is 0 Å². The lowest BCUT2D eigenvalue weighted by Crippen LogP contribution is -2.29. The Balaban J connectivity index is 2.77. The van der Waals surface area contributed by atoms with Gasteiger partial charge in [0.2, 0.25) is 0 Å². The van der Waals surface area contributed by atoms with Crippen LogP contribution in [0.3, 0.4) is 0 Å². The Bertz CT molecular complexity index is 434. The number of primary amides is 1. The zero-order chi connectivity index (χ0) is 13.5. The van der Waals surface area contributed by atoms with Crippen LogP contribution in [-0.4, -0.2) is 25.2 Å². The van der Waals surface area contributed by atoms with Crippen molar-refractivity contribution in [3.05, 3.63) is 24.3 Å². The molecule has 0 aromatic heterocycles. The van der Waals surface area contributed by atoms with Gasteiger partial charge in [-0.05, 0) is 24.6 Å². The van der Waals surface area contributed by atoms with Crippen LogP contribution in [0.15, 0.2) is 24.3 Å². The van der Waals surface area contributed by atoms with Crippen molar-refractivity contribution >= 4 is 23.4 Å². The van der Waals surface area contributed by atoms with E-state index in [1.54, 1.807) is 24.3 Å². The van der Waals surface area contributed by atoms with Gasteiger partial charge in [0.05, 0.1) is 7.11 Å². The molecule has 0 saturated carbocycles. The number of rotatable bonds is 5. The van der Waals surface area contributed by atoms with Crippen LogP contribution in [0.1, 0.15) is 13.3 Å². The molecular formula is C12H17N3O3. The number of benzene rings is 1. The number of urea groups is 1. The molecular weight excluding hydrogens is 234 g/mol. The van der Waals surface area contributed by atoms with Gasteiger partial charge in [0, 0.05) is 11.4 Å². The molecule has 0 bridgehead atoms. The predicted molar refractivity (Wildman–Crippen MR) is 69.4 cm³/mol. The molecule has 1 aromatic rings. The van der Waals surface area contributed by atoms with E-state index in [2.05, 4.69) is 15.4 Å². The predicted octanol–water partition coefficient (Wildman–Crippen LogP) is 1.54. The quantitative estimate of drug-likeness (QED) is 0.692. The van der Waals surface area contributed by atoms with Gasteiger partial charge in [-0.3, -0.25) is 0 Å². The third-order valence-electron chi connectivity index (χ3n) is 2.36. The topological polar surface area (TPSA) is 93.5 Å². The Labute approximate surface area is 105 Å². The first-order valence-corrected chi connectivity index (χ1v) is 5.57. The normalized spacial score (nSPS) is 11.4. The fourth-order valence-corrected chi connectivity index (χ4v) is 1.50. The molecule has 0 spiro atoms. The number of esters is 1. The van der Waals surface area contributed by atoms with Crippen LogP contribution in [0.5, 0.6) is 0 Å². The second-order valence-electron chi connectivity index (χ2n) is 3.70. The molecule has 1 rings (SSSR count). The Morgan fingerprint density at radius 3 is 2.61 bits per heavy atom. The highest BCUT2D eigenvalue weighted by Crippen LogP contribution is 2.16. The van der Waals surface area contributed by atoms with Gasteiger partial charge in [0.15, 0.2) is 0 Å². The monoisotopic (exact) mass is 251 g/mol. The molecule has 1 atom stereocenters. The SMILES string of the molecule is CCC(Nc1cccc(NC(N)=O)c1)C(=O)OC. The van der Waals surface area contributed by atoms with E-state index in [1.807, 2.05) is 6.92 Å². The number of hydrogen-bond donors (Lipinski definition) is 3. The van der Waals surface area contributed by atoms with Crippen molar-refractivity contribution in [1.82, 2.24) is 0 Å². The average molecular weight is 251 g/mol. The lowest BCUT2D eigenvalue weighted by Gasteiger charge is -2.16. The van der Waals surface area contributed by atoms with Crippen molar-refractivity contribution in [2.24, 2.45) is 5.73 Å². The van der Waals surface area contributed by atoms with Crippen LogP contribution < -0.4 is 16.4 Å². The summed E-state index contributed by atoms with van der Waals surface area (Å²) in [7, 11) is 1.34. The first-order chi connectivity index (χ1) is 8.56. The van der Waals surface area contributed by atoms with Crippen molar-refractivity contribution in [2.75, 3.05) is 17.7 Å². The highest BCUT2D eigenvalue weighted by molar-refractivity contribution is 5.88. The maximum absolute atomic E-state index is 11.4. The Hall–Kier alpha value is -2.24. The molecule has 0 radical (unpaired) electrons. The van der Waals surface area contributed by atoms with Crippen molar-refractivity contribution in [3.8, 4) is 0 Å². The number of anilines is 2. The van der Waals surface area contributed by atoms with E-state index >= 15 is 0 Å². The van der Waals surface area contributed by atoms with Gasteiger partial charge < -0.3 is 21.1 Å². The second kappa shape index (κ2) is 6.48. The maximum Gasteiger partial charge on any atom is 0.328 e. The van der Waals surface area contributed by atoms with Crippen LogP contribution in [0.25, 0.3) is 0 Å². The summed E-state index contributed by atoms with van der Waals surface area (Å²) in [5.74, 6) is -0.328. The van der Waals surface area contributed by atoms with Crippen LogP contribution in [0.2, 0.25) is 0 Å². The van der Waals surface area contributed by atoms with E-state index in [-0.39, 0.29) is 5.97 Å². The van der Waals surface area contributed by atoms with E-state index in [1.165, 1.54) is 7.11 Å². The summed E-state index contributed by atoms with van der Waals surface area (Å²) in [6.07, 6.45) is 0.597. The summed E-state index contributed by atoms with van der Waals surface area (Å²) in [5, 5.41) is 5.49. The van der Waals surface area contributed by atoms with Gasteiger partial charge in [-0.1, -0.05) is 13.0 Å². The molecule has 4 N–H and O–H groups in total. The Kier molecular flexibility index (Phi) is 4.98. The van der Waals surface area contributed by atoms with Gasteiger partial charge in [0.25, 0.3) is 0 Å². The summed E-state index contributed by atoms with van der Waals surface area (Å²) in [6, 6.07) is 5.88. The number of methoxy groups -OCH3 is 1. The van der Waals surface area contributed by atoms with Gasteiger partial charge in [-0.2, -0.15) is 0 Å². The standard InChI is InChI=1S/C12H17N3O3/c1-3-10(11(16)18-2)14-8-5-4-6-9(7-8)15-12(13)17/h4-7,10,14H,3H2,1-2H3,(H3,13,15,17). The molecule has 98 valence electrons. The number of nitrogens with two attached hydrogens (primary N) is 1. The molecule has 0 aliphatic carbocycles. The van der Waals surface area contributed by atoms with Gasteiger partial charge in [0.1, 0.15) is 6.04 Å². The van der Waals surface area contributed by atoms with Crippen molar-refractivity contribution in [3.63, 3.8) is 0 Å². The lowest BCUT2D eigenvalue weighted by atomic mass is 10.2. The molecule has 6 nitrogen and oxygen atoms in total. The van der Waals surface area contributed by atoms with E-state index in [9.17, 15) is 9.59 Å². The second-order valence-corrected chi connectivity index (χ2v) is 3.70. The van der Waals surface area contributed by atoms with Crippen LogP contribution >= 0.6 is 0 Å². The number of ether oxygens (including phenoxy) is 1. The molecule has 0 saturated heterocycles. The average Bonchev–Trinajstić information content (AvgIpc) is 2.34. The summed E-state index contributed by atoms with van der Waals surface area (Å²) in [5.41, 5.74) is 6.30. The fraction of sp³-hybridized carbons (Fsp3) is 0.333. The Morgan fingerprint density at radius 1 is 1.39 bits per heavy atom. The highest BCUT2D eigenvalue weighted by atomic mass is 16.5. The third kappa shape index (κ3) is 3.97. The van der Waals surface area contributed by atoms with Crippen LogP contribution in [0.4, 0.5) is 16.2 Å². The summed E-state index contributed by atoms with van der Waals surface area (Å²) in [6.45, 7) is 1.88. The molecule has 1 aromatic carbocycles. The lowest BCUT2D eigenvalue weighted by molar-refractivity contribution is -0.141. The summed E-state index contributed by atoms with van der Waals surface area (Å²) < 4.78 is 4.68. The minimum Gasteiger partial charge on any atom is -0.467 e. The first kappa shape index (κ1) is 13.8. The molecule has 0 aliphatic heterocycles. The molecule has 6 heteroatoms. The smallest absolute Gasteiger partial charge is 0.328 e. The van der Waals surface area contributed by atoms with Crippen molar-refractivity contribution in [1.29, 1.82) is 0 Å². The minimum absolute atomic E-state index is 0.328. The Morgan fingerprint density at radius 2 is 2.06 bits per heavy atom. The number of carbonyl (C=O) groups excluding carboxylic acids is 2. The van der Waals surface area contributed by atoms with Crippen molar-refractivity contribution < 1.29 is 14.3 Å². The zero-order valence-electron chi connectivity index (χ0n) is 10.4. The number of nitrogens with one attached hydrogen (secondary N) is 2. The molecule has 0 aliphatic rings. The van der Waals surface area contributed by atoms with E-state index < -0.39 is 12.1 Å². The molecule has 1 unspecified atom stereocenters. The highest BCUT2D eigenvalue weighted by Gasteiger charge is 2.16. The first-order valence-electron chi connectivity index (χ1n) is 5.57. The van der Waals surface area contributed by atoms with Crippen LogP contribution in [-0.2, 0) is 9.53 Å². The molecule has 2 amide bonds. The molecule has 0 fully saturated rings. The minimum atomic E-state index is -0.632. The summed E-state index contributed by atoms with van der Waals surface area (Å²) >= 11 is 0. The van der Waals surface area contributed by atoms with Gasteiger partial charge in [-0.15, -0.1) is 0 Å². The number of hydrogen-bond acceptors (Lipinski definition) is 4. The molecule has 0 heterocycles. The fourth-order valence-electron chi connectivity index (χ4n) is 1.50. The van der Waals surface area contributed by atoms with Gasteiger partial charge in [-0.25, -0.2) is 9.59 Å². The largest absolute Gasteiger partial charge is 0.467 e. The van der Waals surface area contributed by atoms with Gasteiger partial charge >= 0.3 is 12.0 Å². The third-order valence-corrected chi connectivity index (χ3v) is 2.36. The summed E-state index contributed by atoms with van der Waals surface area (Å²) in [4.78, 5) is 22.2. The maximum atomic E-state index is 11.4. The van der Waals surface area contributed by atoms with Crippen LogP contribution in [0, 0.1) is 0 Å². The number of amides is 2. The number of carbonyl (C=O) groups is 2. The van der Waals surface area contributed by atoms with E-state index in [0.29, 0.717) is 17.8 Å². The molecule has 18 heavy (non-hydrogen) atoms. The van der Waals surface area contributed by atoms with Crippen molar-refractivity contribution in [2.45, 2.75) is 19.4 Å². The zero-order valence-corrected chi connectivity index (χ0v) is 10.4.